The van der Waals surface area contributed by atoms with Crippen LogP contribution in [0.5, 0.6) is 0 Å². The molecular weight excluding hydrogens is 1260 g/mol. The molecule has 0 amide bonds. The first-order chi connectivity index (χ1) is 51.1. The summed E-state index contributed by atoms with van der Waals surface area (Å²) in [5, 5.41) is 7.65. The minimum absolute atomic E-state index is 0.192. The number of fused-ring (bicyclic) bond motifs is 13. The second-order valence-electron chi connectivity index (χ2n) is 28.8. The van der Waals surface area contributed by atoms with Crippen molar-refractivity contribution in [1.82, 2.24) is 9.13 Å². The smallest absolute Gasteiger partial charge is 0.0541 e. The molecule has 18 aromatic rings. The van der Waals surface area contributed by atoms with E-state index in [1.807, 2.05) is 0 Å². The second kappa shape index (κ2) is 24.9. The molecule has 0 spiro atoms. The maximum absolute atomic E-state index is 2.43. The number of nitrogens with zero attached hydrogens (tertiary/aromatic N) is 4. The highest BCUT2D eigenvalue weighted by Crippen LogP contribution is 2.54. The van der Waals surface area contributed by atoms with E-state index in [0.717, 1.165) is 34.1 Å². The van der Waals surface area contributed by atoms with E-state index in [2.05, 4.69) is 423 Å². The molecule has 0 unspecified atom stereocenters. The molecule has 0 radical (unpaired) electrons. The van der Waals surface area contributed by atoms with Crippen LogP contribution in [-0.4, -0.2) is 9.13 Å². The van der Waals surface area contributed by atoms with E-state index < -0.39 is 0 Å². The fourth-order valence-electron chi connectivity index (χ4n) is 17.0. The summed E-state index contributed by atoms with van der Waals surface area (Å²) in [6, 6.07) is 137. The van der Waals surface area contributed by atoms with E-state index in [0.29, 0.717) is 0 Å². The number of aromatic nitrogens is 2. The Bertz CT molecular complexity index is 6240. The lowest BCUT2D eigenvalue weighted by atomic mass is 9.82. The molecule has 104 heavy (non-hydrogen) atoms. The normalized spacial score (nSPS) is 13.0. The van der Waals surface area contributed by atoms with Crippen LogP contribution in [0.25, 0.3) is 121 Å². The fourth-order valence-corrected chi connectivity index (χ4v) is 17.0. The lowest BCUT2D eigenvalue weighted by Gasteiger charge is -2.28. The van der Waals surface area contributed by atoms with Gasteiger partial charge in [-0.15, -0.1) is 0 Å². The van der Waals surface area contributed by atoms with E-state index in [-0.39, 0.29) is 10.8 Å². The zero-order chi connectivity index (χ0) is 69.6. The van der Waals surface area contributed by atoms with Crippen LogP contribution < -0.4 is 9.80 Å². The summed E-state index contributed by atoms with van der Waals surface area (Å²) < 4.78 is 4.85. The van der Waals surface area contributed by atoms with Crippen LogP contribution in [0.15, 0.2) is 376 Å². The number of hydrogen-bond acceptors (Lipinski definition) is 2. The summed E-state index contributed by atoms with van der Waals surface area (Å²) in [7, 11) is 0. The van der Waals surface area contributed by atoms with Crippen molar-refractivity contribution in [3.8, 4) is 67.0 Å². The minimum atomic E-state index is -0.194. The third-order valence-electron chi connectivity index (χ3n) is 22.1. The lowest BCUT2D eigenvalue weighted by Crippen LogP contribution is -2.17. The summed E-state index contributed by atoms with van der Waals surface area (Å²) in [6.07, 6.45) is 0. The van der Waals surface area contributed by atoms with E-state index in [1.54, 1.807) is 0 Å². The predicted molar refractivity (Wildman–Crippen MR) is 440 cm³/mol. The first kappa shape index (κ1) is 62.0. The highest BCUT2D eigenvalue weighted by atomic mass is 15.1. The largest absolute Gasteiger partial charge is 0.310 e. The third kappa shape index (κ3) is 10.3. The van der Waals surface area contributed by atoms with Gasteiger partial charge in [-0.1, -0.05) is 282 Å². The standard InChI is InChI=1S/C51H38N2.C49H36N2/c1-51(2)47-33-41(28-30-43(47)44-31-29-42(34-48(44)51)53-49-22-11-9-20-45(49)46-21-10-12-23-50(46)53)52(39-17-7-4-8-18-39)40-19-13-16-38(32-40)37-26-24-36(25-27-37)35-14-5-3-6-15-35;1-49(2)45-31-37(50(35-17-4-3-5-18-35)36-19-12-16-34(30-36)40-23-13-15-33-14-6-7-20-39(33)40)26-28-41(45)42-29-27-38(32-46(42)49)51-47-24-10-8-21-43(47)44-22-9-11-25-48(44)51/h3-34H,1-2H3;3-32H,1-2H3. The highest BCUT2D eigenvalue weighted by Gasteiger charge is 2.39. The molecule has 0 saturated heterocycles. The summed E-state index contributed by atoms with van der Waals surface area (Å²) in [5.74, 6) is 0. The molecule has 0 fully saturated rings. The van der Waals surface area contributed by atoms with E-state index in [4.69, 9.17) is 0 Å². The van der Waals surface area contributed by atoms with Gasteiger partial charge in [-0.2, -0.15) is 0 Å². The van der Waals surface area contributed by atoms with Crippen LogP contribution >= 0.6 is 0 Å². The van der Waals surface area contributed by atoms with Crippen molar-refractivity contribution in [2.75, 3.05) is 9.80 Å². The van der Waals surface area contributed by atoms with Crippen molar-refractivity contribution < 1.29 is 0 Å². The third-order valence-corrected chi connectivity index (χ3v) is 22.1. The van der Waals surface area contributed by atoms with Crippen molar-refractivity contribution in [1.29, 1.82) is 0 Å². The Hall–Kier alpha value is -13.0. The molecular formula is C100H74N4. The number of para-hydroxylation sites is 6. The average Bonchev–Trinajstić information content (AvgIpc) is 1.55. The Balaban J connectivity index is 0.000000143. The molecule has 0 atom stereocenters. The fraction of sp³-hybridized carbons (Fsp3) is 0.0600. The molecule has 2 aromatic heterocycles. The van der Waals surface area contributed by atoms with Gasteiger partial charge in [0, 0.05) is 77.9 Å². The Labute approximate surface area is 607 Å². The van der Waals surface area contributed by atoms with Crippen LogP contribution in [-0.2, 0) is 10.8 Å². The van der Waals surface area contributed by atoms with Crippen LogP contribution in [0.2, 0.25) is 0 Å². The molecule has 4 nitrogen and oxygen atoms in total. The van der Waals surface area contributed by atoms with Crippen molar-refractivity contribution in [2.24, 2.45) is 0 Å². The average molecular weight is 1330 g/mol. The molecule has 2 aliphatic carbocycles. The van der Waals surface area contributed by atoms with Crippen LogP contribution in [0.1, 0.15) is 49.9 Å². The number of hydrogen-bond donors (Lipinski definition) is 0. The molecule has 16 aromatic carbocycles. The van der Waals surface area contributed by atoms with E-state index in [9.17, 15) is 0 Å². The topological polar surface area (TPSA) is 16.3 Å². The van der Waals surface area contributed by atoms with Crippen LogP contribution in [0.4, 0.5) is 34.1 Å². The summed E-state index contributed by atoms with van der Waals surface area (Å²) in [6.45, 7) is 9.52. The lowest BCUT2D eigenvalue weighted by molar-refractivity contribution is 0.660. The SMILES string of the molecule is CC1(C)c2cc(N(c3ccccc3)c3cccc(-c4ccc(-c5ccccc5)cc4)c3)ccc2-c2ccc(-n3c4ccccc4c4ccccc43)cc21.CC1(C)c2cc(N(c3ccccc3)c3cccc(-c4cccc5ccccc45)c3)ccc2-c2ccc(-n3c4ccccc4c4ccccc43)cc21. The summed E-state index contributed by atoms with van der Waals surface area (Å²) >= 11 is 0. The van der Waals surface area contributed by atoms with Crippen molar-refractivity contribution in [3.05, 3.63) is 398 Å². The van der Waals surface area contributed by atoms with Gasteiger partial charge in [0.15, 0.2) is 0 Å². The Morgan fingerprint density at radius 3 is 0.971 bits per heavy atom. The first-order valence-electron chi connectivity index (χ1n) is 36.2. The monoisotopic (exact) mass is 1330 g/mol. The minimum Gasteiger partial charge on any atom is -0.310 e. The van der Waals surface area contributed by atoms with Gasteiger partial charge in [-0.3, -0.25) is 0 Å². The molecule has 0 N–H and O–H groups in total. The molecule has 20 rings (SSSR count). The molecule has 494 valence electrons. The van der Waals surface area contributed by atoms with Gasteiger partial charge in [0.05, 0.1) is 22.1 Å². The molecule has 0 aliphatic heterocycles. The predicted octanol–water partition coefficient (Wildman–Crippen LogP) is 27.3. The summed E-state index contributed by atoms with van der Waals surface area (Å²) in [5.41, 5.74) is 31.7. The maximum Gasteiger partial charge on any atom is 0.0541 e. The van der Waals surface area contributed by atoms with Crippen molar-refractivity contribution >= 4 is 88.5 Å². The molecule has 4 heteroatoms. The van der Waals surface area contributed by atoms with Gasteiger partial charge in [-0.05, 0) is 210 Å². The first-order valence-corrected chi connectivity index (χ1v) is 36.2. The number of rotatable bonds is 11. The molecule has 0 saturated carbocycles. The van der Waals surface area contributed by atoms with Gasteiger partial charge in [-0.25, -0.2) is 0 Å². The van der Waals surface area contributed by atoms with E-state index in [1.165, 1.54) is 144 Å². The van der Waals surface area contributed by atoms with Gasteiger partial charge in [0.25, 0.3) is 0 Å². The summed E-state index contributed by atoms with van der Waals surface area (Å²) in [4.78, 5) is 4.79. The van der Waals surface area contributed by atoms with Crippen molar-refractivity contribution in [2.45, 2.75) is 38.5 Å². The van der Waals surface area contributed by atoms with Crippen LogP contribution in [0.3, 0.4) is 0 Å². The van der Waals surface area contributed by atoms with E-state index >= 15 is 0 Å². The Kier molecular flexibility index (Phi) is 14.9. The second-order valence-corrected chi connectivity index (χ2v) is 28.8. The van der Waals surface area contributed by atoms with Gasteiger partial charge >= 0.3 is 0 Å². The highest BCUT2D eigenvalue weighted by molar-refractivity contribution is 6.11. The number of anilines is 6. The van der Waals surface area contributed by atoms with Crippen molar-refractivity contribution in [3.63, 3.8) is 0 Å². The zero-order valence-electron chi connectivity index (χ0n) is 58.6. The Morgan fingerprint density at radius 1 is 0.202 bits per heavy atom. The van der Waals surface area contributed by atoms with Gasteiger partial charge in [0.2, 0.25) is 0 Å². The van der Waals surface area contributed by atoms with Crippen LogP contribution in [0, 0.1) is 0 Å². The van der Waals surface area contributed by atoms with Gasteiger partial charge in [0.1, 0.15) is 0 Å². The maximum atomic E-state index is 2.43. The Morgan fingerprint density at radius 2 is 0.510 bits per heavy atom. The number of benzene rings is 16. The molecule has 2 aliphatic rings. The quantitative estimate of drug-likeness (QED) is 0.128. The molecule has 0 bridgehead atoms. The zero-order valence-corrected chi connectivity index (χ0v) is 58.6. The molecule has 2 heterocycles. The van der Waals surface area contributed by atoms with Gasteiger partial charge < -0.3 is 18.9 Å².